The molecule has 0 aliphatic heterocycles. The number of aromatic nitrogens is 1. The van der Waals surface area contributed by atoms with Crippen molar-refractivity contribution in [3.05, 3.63) is 16.1 Å². The van der Waals surface area contributed by atoms with Gasteiger partial charge < -0.3 is 15.7 Å². The van der Waals surface area contributed by atoms with Crippen molar-refractivity contribution < 1.29 is 9.90 Å². The summed E-state index contributed by atoms with van der Waals surface area (Å²) in [6.07, 6.45) is 2.34. The zero-order valence-corrected chi connectivity index (χ0v) is 16.0. The van der Waals surface area contributed by atoms with Gasteiger partial charge in [0.2, 0.25) is 0 Å². The van der Waals surface area contributed by atoms with Gasteiger partial charge in [-0.15, -0.1) is 11.3 Å². The van der Waals surface area contributed by atoms with Gasteiger partial charge in [-0.2, -0.15) is 0 Å². The van der Waals surface area contributed by atoms with E-state index in [-0.39, 0.29) is 17.4 Å². The van der Waals surface area contributed by atoms with Crippen LogP contribution in [-0.2, 0) is 13.0 Å². The molecule has 5 nitrogen and oxygen atoms in total. The van der Waals surface area contributed by atoms with Crippen LogP contribution < -0.4 is 10.6 Å². The van der Waals surface area contributed by atoms with E-state index in [4.69, 9.17) is 0 Å². The lowest BCUT2D eigenvalue weighted by Crippen LogP contribution is -2.46. The Morgan fingerprint density at radius 1 is 1.30 bits per heavy atom. The zero-order chi connectivity index (χ0) is 17.6. The van der Waals surface area contributed by atoms with Gasteiger partial charge in [-0.05, 0) is 11.8 Å². The Morgan fingerprint density at radius 2 is 1.96 bits per heavy atom. The first-order valence-electron chi connectivity index (χ1n) is 8.25. The van der Waals surface area contributed by atoms with E-state index in [1.165, 1.54) is 0 Å². The van der Waals surface area contributed by atoms with Crippen LogP contribution in [0.25, 0.3) is 0 Å². The summed E-state index contributed by atoms with van der Waals surface area (Å²) in [6.45, 7) is 13.1. The Bertz CT molecular complexity index is 498. The number of carbonyl (C=O) groups is 1. The molecule has 1 aromatic heterocycles. The lowest BCUT2D eigenvalue weighted by molar-refractivity contribution is 0.0151. The maximum absolute atomic E-state index is 11.9. The number of thiazole rings is 1. The predicted octanol–water partition coefficient (Wildman–Crippen LogP) is 3.18. The Morgan fingerprint density at radius 3 is 2.52 bits per heavy atom. The van der Waals surface area contributed by atoms with E-state index in [1.54, 1.807) is 11.3 Å². The van der Waals surface area contributed by atoms with Crippen LogP contribution in [0.1, 0.15) is 51.4 Å². The molecule has 2 amide bonds. The molecule has 0 bridgehead atoms. The van der Waals surface area contributed by atoms with Crippen molar-refractivity contribution in [3.63, 3.8) is 0 Å². The van der Waals surface area contributed by atoms with Crippen LogP contribution in [0.5, 0.6) is 0 Å². The molecule has 23 heavy (non-hydrogen) atoms. The molecule has 6 heteroatoms. The minimum absolute atomic E-state index is 0.159. The minimum atomic E-state index is -0.456. The number of rotatable bonds is 8. The average molecular weight is 342 g/mol. The number of amides is 2. The summed E-state index contributed by atoms with van der Waals surface area (Å²) in [4.78, 5) is 17.3. The van der Waals surface area contributed by atoms with Gasteiger partial charge >= 0.3 is 6.03 Å². The third-order valence-electron chi connectivity index (χ3n) is 3.74. The highest BCUT2D eigenvalue weighted by molar-refractivity contribution is 7.11. The van der Waals surface area contributed by atoms with Crippen LogP contribution in [0.3, 0.4) is 0 Å². The third-order valence-corrected chi connectivity index (χ3v) is 4.76. The zero-order valence-electron chi connectivity index (χ0n) is 15.1. The van der Waals surface area contributed by atoms with Gasteiger partial charge in [-0.3, -0.25) is 0 Å². The van der Waals surface area contributed by atoms with E-state index in [0.717, 1.165) is 16.3 Å². The molecule has 1 unspecified atom stereocenters. The van der Waals surface area contributed by atoms with Crippen molar-refractivity contribution in [2.45, 2.75) is 60.6 Å². The molecular weight excluding hydrogens is 310 g/mol. The quantitative estimate of drug-likeness (QED) is 0.680. The van der Waals surface area contributed by atoms with Gasteiger partial charge in [0.15, 0.2) is 0 Å². The summed E-state index contributed by atoms with van der Waals surface area (Å²) in [5.41, 5.74) is -0.361. The number of carbonyl (C=O) groups excluding carboxylic acids is 1. The van der Waals surface area contributed by atoms with Gasteiger partial charge in [-0.1, -0.05) is 41.5 Å². The maximum atomic E-state index is 11.9. The fraction of sp³-hybridized carbons (Fsp3) is 0.765. The van der Waals surface area contributed by atoms with Crippen molar-refractivity contribution >= 4 is 17.4 Å². The number of hydrogen-bond donors (Lipinski definition) is 3. The molecule has 0 aliphatic carbocycles. The molecule has 0 spiro atoms. The highest BCUT2D eigenvalue weighted by Gasteiger charge is 2.30. The fourth-order valence-corrected chi connectivity index (χ4v) is 3.49. The summed E-state index contributed by atoms with van der Waals surface area (Å²) >= 11 is 1.64. The van der Waals surface area contributed by atoms with Gasteiger partial charge in [0.1, 0.15) is 0 Å². The lowest BCUT2D eigenvalue weighted by Gasteiger charge is -2.33. The van der Waals surface area contributed by atoms with Gasteiger partial charge in [0, 0.05) is 29.5 Å². The largest absolute Gasteiger partial charge is 0.392 e. The van der Waals surface area contributed by atoms with E-state index in [0.29, 0.717) is 19.0 Å². The number of hydrogen-bond acceptors (Lipinski definition) is 4. The van der Waals surface area contributed by atoms with Crippen molar-refractivity contribution in [2.75, 3.05) is 6.54 Å². The third kappa shape index (κ3) is 6.87. The molecule has 1 rings (SSSR count). The standard InChI is InChI=1S/C17H31N3O2S/c1-11(2)7-14-18-8-13(23-14)9-19-16(22)20-10-17(5,6)15(21)12(3)4/h8,11-12,15,21H,7,9-10H2,1-6H3,(H2,19,20,22). The molecule has 1 heterocycles. The normalized spacial score (nSPS) is 13.4. The van der Waals surface area contributed by atoms with E-state index < -0.39 is 6.10 Å². The highest BCUT2D eigenvalue weighted by atomic mass is 32.1. The fourth-order valence-electron chi connectivity index (χ4n) is 2.42. The first-order chi connectivity index (χ1) is 10.6. The number of aliphatic hydroxyl groups excluding tert-OH is 1. The van der Waals surface area contributed by atoms with Crippen LogP contribution in [0.4, 0.5) is 4.79 Å². The second-order valence-corrected chi connectivity index (χ2v) is 8.73. The molecule has 3 N–H and O–H groups in total. The molecular formula is C17H31N3O2S. The summed E-state index contributed by atoms with van der Waals surface area (Å²) in [5.74, 6) is 0.742. The van der Waals surface area contributed by atoms with E-state index >= 15 is 0 Å². The van der Waals surface area contributed by atoms with Gasteiger partial charge in [0.05, 0.1) is 17.7 Å². The number of urea groups is 1. The van der Waals surface area contributed by atoms with Gasteiger partial charge in [-0.25, -0.2) is 9.78 Å². The molecule has 0 saturated carbocycles. The summed E-state index contributed by atoms with van der Waals surface area (Å²) in [5, 5.41) is 17.0. The highest BCUT2D eigenvalue weighted by Crippen LogP contribution is 2.25. The first-order valence-corrected chi connectivity index (χ1v) is 9.06. The van der Waals surface area contributed by atoms with E-state index in [9.17, 15) is 9.90 Å². The number of nitrogens with zero attached hydrogens (tertiary/aromatic N) is 1. The summed E-state index contributed by atoms with van der Waals surface area (Å²) in [7, 11) is 0. The van der Waals surface area contributed by atoms with Crippen molar-refractivity contribution in [1.29, 1.82) is 0 Å². The van der Waals surface area contributed by atoms with Gasteiger partial charge in [0.25, 0.3) is 0 Å². The molecule has 0 aliphatic rings. The van der Waals surface area contributed by atoms with Crippen LogP contribution >= 0.6 is 11.3 Å². The molecule has 132 valence electrons. The second-order valence-electron chi connectivity index (χ2n) is 7.53. The van der Waals surface area contributed by atoms with Crippen LogP contribution in [-0.4, -0.2) is 28.8 Å². The minimum Gasteiger partial charge on any atom is -0.392 e. The average Bonchev–Trinajstić information content (AvgIpc) is 2.88. The Balaban J connectivity index is 2.38. The molecule has 0 fully saturated rings. The Kier molecular flexibility index (Phi) is 7.48. The maximum Gasteiger partial charge on any atom is 0.315 e. The summed E-state index contributed by atoms with van der Waals surface area (Å²) in [6, 6.07) is -0.215. The van der Waals surface area contributed by atoms with E-state index in [2.05, 4.69) is 29.5 Å². The monoisotopic (exact) mass is 341 g/mol. The smallest absolute Gasteiger partial charge is 0.315 e. The Labute approximate surface area is 143 Å². The number of aliphatic hydroxyl groups is 1. The summed E-state index contributed by atoms with van der Waals surface area (Å²) < 4.78 is 0. The molecule has 0 radical (unpaired) electrons. The van der Waals surface area contributed by atoms with Crippen LogP contribution in [0.2, 0.25) is 0 Å². The molecule has 0 saturated heterocycles. The van der Waals surface area contributed by atoms with Crippen LogP contribution in [0.15, 0.2) is 6.20 Å². The van der Waals surface area contributed by atoms with Crippen LogP contribution in [0, 0.1) is 17.3 Å². The second kappa shape index (κ2) is 8.64. The van der Waals surface area contributed by atoms with Crippen molar-refractivity contribution in [3.8, 4) is 0 Å². The number of nitrogens with one attached hydrogen (secondary N) is 2. The Hall–Kier alpha value is -1.14. The lowest BCUT2D eigenvalue weighted by atomic mass is 9.81. The van der Waals surface area contributed by atoms with E-state index in [1.807, 2.05) is 33.9 Å². The molecule has 1 atom stereocenters. The SMILES string of the molecule is CC(C)Cc1ncc(CNC(=O)NCC(C)(C)C(O)C(C)C)s1. The molecule has 0 aromatic carbocycles. The predicted molar refractivity (Wildman–Crippen MR) is 95.5 cm³/mol. The first kappa shape index (κ1) is 19.9. The van der Waals surface area contributed by atoms with Crippen molar-refractivity contribution in [1.82, 2.24) is 15.6 Å². The topological polar surface area (TPSA) is 74.2 Å². The molecule has 1 aromatic rings. The van der Waals surface area contributed by atoms with Crippen molar-refractivity contribution in [2.24, 2.45) is 17.3 Å².